The van der Waals surface area contributed by atoms with Crippen molar-refractivity contribution in [2.75, 3.05) is 12.8 Å². The molecular formula is C20H14N6O2. The van der Waals surface area contributed by atoms with Crippen LogP contribution >= 0.6 is 0 Å². The van der Waals surface area contributed by atoms with Gasteiger partial charge in [-0.25, -0.2) is 14.5 Å². The van der Waals surface area contributed by atoms with Crippen LogP contribution in [0.25, 0.3) is 27.8 Å². The van der Waals surface area contributed by atoms with Crippen molar-refractivity contribution in [2.24, 2.45) is 0 Å². The molecule has 0 aliphatic heterocycles. The van der Waals surface area contributed by atoms with Gasteiger partial charge in [-0.2, -0.15) is 10.4 Å². The van der Waals surface area contributed by atoms with E-state index in [0.29, 0.717) is 28.0 Å². The summed E-state index contributed by atoms with van der Waals surface area (Å²) in [6, 6.07) is 12.4. The summed E-state index contributed by atoms with van der Waals surface area (Å²) in [4.78, 5) is 20.7. The van der Waals surface area contributed by atoms with Gasteiger partial charge in [0.2, 0.25) is 0 Å². The molecular weight excluding hydrogens is 356 g/mol. The van der Waals surface area contributed by atoms with Crippen LogP contribution in [-0.4, -0.2) is 32.8 Å². The lowest BCUT2D eigenvalue weighted by Gasteiger charge is -2.06. The number of esters is 1. The van der Waals surface area contributed by atoms with E-state index in [2.05, 4.69) is 15.1 Å². The number of ether oxygens (including phenoxy) is 1. The van der Waals surface area contributed by atoms with Crippen molar-refractivity contribution in [3.8, 4) is 23.0 Å². The summed E-state index contributed by atoms with van der Waals surface area (Å²) in [5, 5.41) is 14.2. The van der Waals surface area contributed by atoms with Crippen LogP contribution in [-0.2, 0) is 4.74 Å². The maximum absolute atomic E-state index is 12.4. The summed E-state index contributed by atoms with van der Waals surface area (Å²) in [6.45, 7) is 0. The summed E-state index contributed by atoms with van der Waals surface area (Å²) in [5.74, 6) is -0.0137. The molecule has 0 amide bonds. The molecule has 2 N–H and O–H groups in total. The number of pyridine rings is 2. The monoisotopic (exact) mass is 370 g/mol. The Morgan fingerprint density at radius 1 is 1.21 bits per heavy atom. The average Bonchev–Trinajstić information content (AvgIpc) is 3.16. The summed E-state index contributed by atoms with van der Waals surface area (Å²) < 4.78 is 6.46. The lowest BCUT2D eigenvalue weighted by Crippen LogP contribution is -2.02. The second kappa shape index (κ2) is 6.81. The first kappa shape index (κ1) is 17.2. The first-order valence-corrected chi connectivity index (χ1v) is 8.29. The molecule has 1 aromatic carbocycles. The van der Waals surface area contributed by atoms with E-state index >= 15 is 0 Å². The zero-order chi connectivity index (χ0) is 19.7. The fraction of sp³-hybridized carbons (Fsp3) is 0.0500. The number of anilines is 1. The van der Waals surface area contributed by atoms with Gasteiger partial charge in [-0.05, 0) is 35.9 Å². The highest BCUT2D eigenvalue weighted by atomic mass is 16.5. The van der Waals surface area contributed by atoms with Gasteiger partial charge in [-0.15, -0.1) is 0 Å². The molecule has 3 aromatic heterocycles. The molecule has 0 radical (unpaired) electrons. The van der Waals surface area contributed by atoms with Gasteiger partial charge in [0.15, 0.2) is 5.82 Å². The number of carbonyl (C=O) groups excluding carboxylic acids is 1. The number of aromatic nitrogens is 4. The number of fused-ring (bicyclic) bond motifs is 1. The first-order valence-electron chi connectivity index (χ1n) is 8.29. The number of nitrogens with two attached hydrogens (primary N) is 1. The molecule has 0 atom stereocenters. The minimum atomic E-state index is -0.484. The lowest BCUT2D eigenvalue weighted by molar-refractivity contribution is 0.0603. The number of rotatable bonds is 3. The van der Waals surface area contributed by atoms with Crippen LogP contribution in [0.15, 0.2) is 55.0 Å². The summed E-state index contributed by atoms with van der Waals surface area (Å²) >= 11 is 0. The summed E-state index contributed by atoms with van der Waals surface area (Å²) in [6.07, 6.45) is 4.89. The fourth-order valence-corrected chi connectivity index (χ4v) is 2.92. The van der Waals surface area contributed by atoms with Gasteiger partial charge >= 0.3 is 5.97 Å². The Morgan fingerprint density at radius 2 is 2.07 bits per heavy atom. The second-order valence-corrected chi connectivity index (χ2v) is 6.02. The van der Waals surface area contributed by atoms with E-state index < -0.39 is 5.97 Å². The van der Waals surface area contributed by atoms with Crippen LogP contribution in [0.4, 0.5) is 5.69 Å². The molecule has 0 spiro atoms. The predicted octanol–water partition coefficient (Wildman–Crippen LogP) is 2.72. The van der Waals surface area contributed by atoms with E-state index in [4.69, 9.17) is 15.7 Å². The van der Waals surface area contributed by atoms with Crippen LogP contribution in [0.1, 0.15) is 16.1 Å². The molecule has 28 heavy (non-hydrogen) atoms. The standard InChI is InChI=1S/C20H14N6O2/c1-28-20(27)16-6-12(13-5-14(22)10-23-9-13)7-18-17(16)11-26(25-18)19-4-2-3-15(8-21)24-19/h2-7,9-11H,22H2,1H3. The van der Waals surface area contributed by atoms with Crippen molar-refractivity contribution in [3.63, 3.8) is 0 Å². The van der Waals surface area contributed by atoms with Crippen molar-refractivity contribution >= 4 is 22.6 Å². The van der Waals surface area contributed by atoms with Crippen molar-refractivity contribution in [3.05, 3.63) is 66.2 Å². The Kier molecular flexibility index (Phi) is 4.18. The largest absolute Gasteiger partial charge is 0.465 e. The predicted molar refractivity (Wildman–Crippen MR) is 103 cm³/mol. The highest BCUT2D eigenvalue weighted by Crippen LogP contribution is 2.29. The topological polar surface area (TPSA) is 120 Å². The molecule has 136 valence electrons. The van der Waals surface area contributed by atoms with E-state index in [1.54, 1.807) is 48.9 Å². The Labute approximate surface area is 159 Å². The smallest absolute Gasteiger partial charge is 0.338 e. The number of carbonyl (C=O) groups is 1. The summed E-state index contributed by atoms with van der Waals surface area (Å²) in [5.41, 5.74) is 9.04. The van der Waals surface area contributed by atoms with Crippen LogP contribution < -0.4 is 5.73 Å². The highest BCUT2D eigenvalue weighted by Gasteiger charge is 2.17. The molecule has 4 rings (SSSR count). The van der Waals surface area contributed by atoms with E-state index in [0.717, 1.165) is 11.1 Å². The highest BCUT2D eigenvalue weighted by molar-refractivity contribution is 6.05. The molecule has 0 unspecified atom stereocenters. The Hall–Kier alpha value is -4.25. The summed E-state index contributed by atoms with van der Waals surface area (Å²) in [7, 11) is 1.32. The molecule has 0 fully saturated rings. The van der Waals surface area contributed by atoms with Gasteiger partial charge in [0.1, 0.15) is 11.8 Å². The number of nitrogens with zero attached hydrogens (tertiary/aromatic N) is 5. The van der Waals surface area contributed by atoms with Crippen LogP contribution in [0.2, 0.25) is 0 Å². The SMILES string of the molecule is COC(=O)c1cc(-c2cncc(N)c2)cc2nn(-c3cccc(C#N)n3)cc12. The molecule has 0 aliphatic carbocycles. The zero-order valence-corrected chi connectivity index (χ0v) is 14.8. The second-order valence-electron chi connectivity index (χ2n) is 6.02. The van der Waals surface area contributed by atoms with Gasteiger partial charge < -0.3 is 10.5 Å². The Morgan fingerprint density at radius 3 is 2.82 bits per heavy atom. The van der Waals surface area contributed by atoms with Crippen molar-refractivity contribution in [1.29, 1.82) is 5.26 Å². The van der Waals surface area contributed by atoms with Crippen molar-refractivity contribution < 1.29 is 9.53 Å². The first-order chi connectivity index (χ1) is 13.6. The van der Waals surface area contributed by atoms with Gasteiger partial charge in [0.25, 0.3) is 0 Å². The zero-order valence-electron chi connectivity index (χ0n) is 14.8. The van der Waals surface area contributed by atoms with Crippen LogP contribution in [0.5, 0.6) is 0 Å². The van der Waals surface area contributed by atoms with E-state index in [9.17, 15) is 4.79 Å². The van der Waals surface area contributed by atoms with Gasteiger partial charge in [0.05, 0.1) is 23.9 Å². The molecule has 0 aliphatic rings. The van der Waals surface area contributed by atoms with Crippen LogP contribution in [0.3, 0.4) is 0 Å². The number of methoxy groups -OCH3 is 1. The molecule has 0 saturated carbocycles. The van der Waals surface area contributed by atoms with E-state index in [1.807, 2.05) is 12.1 Å². The third kappa shape index (κ3) is 3.01. The molecule has 8 nitrogen and oxygen atoms in total. The number of hydrogen-bond acceptors (Lipinski definition) is 7. The molecule has 0 saturated heterocycles. The fourth-order valence-electron chi connectivity index (χ4n) is 2.92. The van der Waals surface area contributed by atoms with E-state index in [-0.39, 0.29) is 5.69 Å². The molecule has 0 bridgehead atoms. The maximum Gasteiger partial charge on any atom is 0.338 e. The van der Waals surface area contributed by atoms with Gasteiger partial charge in [-0.3, -0.25) is 4.98 Å². The number of nitriles is 1. The Balaban J connectivity index is 1.94. The van der Waals surface area contributed by atoms with Gasteiger partial charge in [0, 0.05) is 29.5 Å². The molecule has 4 aromatic rings. The third-order valence-electron chi connectivity index (χ3n) is 4.21. The van der Waals surface area contributed by atoms with Gasteiger partial charge in [-0.1, -0.05) is 6.07 Å². The minimum Gasteiger partial charge on any atom is -0.465 e. The Bertz CT molecular complexity index is 1260. The third-order valence-corrected chi connectivity index (χ3v) is 4.21. The normalized spacial score (nSPS) is 10.6. The molecule has 3 heterocycles. The molecule has 8 heteroatoms. The van der Waals surface area contributed by atoms with E-state index in [1.165, 1.54) is 11.8 Å². The maximum atomic E-state index is 12.4. The average molecular weight is 370 g/mol. The lowest BCUT2D eigenvalue weighted by atomic mass is 10.0. The number of benzene rings is 1. The van der Waals surface area contributed by atoms with Crippen LogP contribution in [0, 0.1) is 11.3 Å². The number of nitrogen functional groups attached to an aromatic ring is 1. The minimum absolute atomic E-state index is 0.275. The number of hydrogen-bond donors (Lipinski definition) is 1. The van der Waals surface area contributed by atoms with Crippen molar-refractivity contribution in [2.45, 2.75) is 0 Å². The quantitative estimate of drug-likeness (QED) is 0.551. The van der Waals surface area contributed by atoms with Crippen molar-refractivity contribution in [1.82, 2.24) is 19.7 Å².